The molecule has 0 radical (unpaired) electrons. The molecule has 0 aliphatic rings. The zero-order valence-corrected chi connectivity index (χ0v) is 13.9. The van der Waals surface area contributed by atoms with Crippen LogP contribution in [-0.4, -0.2) is 35.4 Å². The quantitative estimate of drug-likeness (QED) is 0.587. The molecule has 1 aromatic heterocycles. The number of rotatable bonds is 6. The molecule has 24 heavy (non-hydrogen) atoms. The molecular formula is C15H15F3N2O3S. The average Bonchev–Trinajstić information content (AvgIpc) is 2.95. The average molecular weight is 360 g/mol. The topological polar surface area (TPSA) is 59.5 Å². The van der Waals surface area contributed by atoms with E-state index in [0.29, 0.717) is 6.07 Å². The van der Waals surface area contributed by atoms with E-state index in [1.54, 1.807) is 6.92 Å². The van der Waals surface area contributed by atoms with Crippen molar-refractivity contribution >= 4 is 33.4 Å². The highest BCUT2D eigenvalue weighted by Crippen LogP contribution is 2.29. The first-order valence-electron chi connectivity index (χ1n) is 7.16. The number of hydrogen-bond acceptors (Lipinski definition) is 5. The Kier molecular flexibility index (Phi) is 5.76. The van der Waals surface area contributed by atoms with E-state index in [1.807, 2.05) is 0 Å². The van der Waals surface area contributed by atoms with Gasteiger partial charge in [0.1, 0.15) is 16.3 Å². The molecule has 2 aromatic rings. The van der Waals surface area contributed by atoms with Crippen molar-refractivity contribution in [3.8, 4) is 0 Å². The maximum atomic E-state index is 13.7. The van der Waals surface area contributed by atoms with E-state index in [4.69, 9.17) is 4.74 Å². The molecule has 0 saturated carbocycles. The molecule has 0 atom stereocenters. The summed E-state index contributed by atoms with van der Waals surface area (Å²) in [7, 11) is 1.48. The van der Waals surface area contributed by atoms with Crippen molar-refractivity contribution in [2.24, 2.45) is 0 Å². The van der Waals surface area contributed by atoms with Gasteiger partial charge in [0.2, 0.25) is 5.91 Å². The lowest BCUT2D eigenvalue weighted by molar-refractivity contribution is -0.145. The van der Waals surface area contributed by atoms with Gasteiger partial charge < -0.3 is 9.64 Å². The molecule has 0 aliphatic carbocycles. The summed E-state index contributed by atoms with van der Waals surface area (Å²) >= 11 is 0.847. The van der Waals surface area contributed by atoms with E-state index < -0.39 is 23.4 Å². The summed E-state index contributed by atoms with van der Waals surface area (Å²) in [5, 5.41) is 0.264. The third-order valence-electron chi connectivity index (χ3n) is 3.21. The third kappa shape index (κ3) is 4.02. The van der Waals surface area contributed by atoms with Crippen molar-refractivity contribution in [2.75, 3.05) is 13.7 Å². The Bertz CT molecular complexity index is 779. The molecule has 0 spiro atoms. The maximum absolute atomic E-state index is 13.7. The number of halogens is 3. The molecule has 0 bridgehead atoms. The molecule has 0 fully saturated rings. The number of thiazole rings is 1. The number of fused-ring (bicyclic) bond motifs is 1. The van der Waals surface area contributed by atoms with E-state index in [1.165, 1.54) is 11.9 Å². The smallest absolute Gasteiger partial charge is 0.306 e. The predicted octanol–water partition coefficient (Wildman–Crippen LogP) is 3.02. The first-order valence-corrected chi connectivity index (χ1v) is 7.97. The molecule has 1 amide bonds. The first kappa shape index (κ1) is 18.2. The number of benzene rings is 1. The van der Waals surface area contributed by atoms with Crippen LogP contribution in [0.15, 0.2) is 6.07 Å². The van der Waals surface area contributed by atoms with Gasteiger partial charge in [-0.3, -0.25) is 9.59 Å². The molecule has 1 heterocycles. The zero-order valence-electron chi connectivity index (χ0n) is 13.1. The summed E-state index contributed by atoms with van der Waals surface area (Å²) in [6, 6.07) is 0.466. The Hall–Kier alpha value is -2.16. The first-order chi connectivity index (χ1) is 11.3. The molecule has 0 unspecified atom stereocenters. The Morgan fingerprint density at radius 2 is 1.96 bits per heavy atom. The van der Waals surface area contributed by atoms with Crippen LogP contribution in [0.3, 0.4) is 0 Å². The maximum Gasteiger partial charge on any atom is 0.306 e. The van der Waals surface area contributed by atoms with Gasteiger partial charge in [0, 0.05) is 19.5 Å². The number of ether oxygens (including phenoxy) is 1. The van der Waals surface area contributed by atoms with E-state index in [9.17, 15) is 22.8 Å². The number of nitrogens with zero attached hydrogens (tertiary/aromatic N) is 2. The van der Waals surface area contributed by atoms with Gasteiger partial charge in [0.05, 0.1) is 24.3 Å². The fourth-order valence-electron chi connectivity index (χ4n) is 2.02. The van der Waals surface area contributed by atoms with E-state index >= 15 is 0 Å². The van der Waals surface area contributed by atoms with Gasteiger partial charge in [-0.1, -0.05) is 0 Å². The summed E-state index contributed by atoms with van der Waals surface area (Å²) in [5.41, 5.74) is -0.389. The van der Waals surface area contributed by atoms with Crippen LogP contribution in [0.2, 0.25) is 0 Å². The predicted molar refractivity (Wildman–Crippen MR) is 81.8 cm³/mol. The summed E-state index contributed by atoms with van der Waals surface area (Å²) in [6.07, 6.45) is -0.0943. The van der Waals surface area contributed by atoms with Crippen LogP contribution >= 0.6 is 11.3 Å². The van der Waals surface area contributed by atoms with E-state index in [0.717, 1.165) is 11.3 Å². The van der Waals surface area contributed by atoms with Crippen LogP contribution in [0.5, 0.6) is 0 Å². The second-order valence-corrected chi connectivity index (χ2v) is 6.08. The fourth-order valence-corrected chi connectivity index (χ4v) is 3.04. The molecular weight excluding hydrogens is 345 g/mol. The number of aromatic nitrogens is 1. The summed E-state index contributed by atoms with van der Waals surface area (Å²) in [5.74, 6) is -4.24. The largest absolute Gasteiger partial charge is 0.466 e. The van der Waals surface area contributed by atoms with E-state index in [-0.39, 0.29) is 47.1 Å². The summed E-state index contributed by atoms with van der Waals surface area (Å²) in [4.78, 5) is 28.3. The molecule has 0 aliphatic heterocycles. The van der Waals surface area contributed by atoms with Crippen molar-refractivity contribution in [1.29, 1.82) is 0 Å². The Labute approximate surface area is 140 Å². The highest BCUT2D eigenvalue weighted by atomic mass is 32.1. The number of esters is 1. The lowest BCUT2D eigenvalue weighted by Gasteiger charge is -2.15. The van der Waals surface area contributed by atoms with Crippen molar-refractivity contribution < 1.29 is 27.5 Å². The molecule has 5 nitrogen and oxygen atoms in total. The SMILES string of the molecule is CCOC(=O)CCC(=O)N(C)Cc1nc2c(F)c(F)cc(F)c2s1. The normalized spacial score (nSPS) is 10.9. The third-order valence-corrected chi connectivity index (χ3v) is 4.25. The summed E-state index contributed by atoms with van der Waals surface area (Å²) in [6.45, 7) is 1.91. The second kappa shape index (κ2) is 7.61. The standard InChI is InChI=1S/C15H15F3N2O3S/c1-3-23-12(22)5-4-11(21)20(2)7-10-19-14-13(18)8(16)6-9(17)15(14)24-10/h6H,3-5,7H2,1-2H3. The Morgan fingerprint density at radius 1 is 1.25 bits per heavy atom. The number of hydrogen-bond donors (Lipinski definition) is 0. The molecule has 9 heteroatoms. The van der Waals surface area contributed by atoms with Gasteiger partial charge in [-0.15, -0.1) is 11.3 Å². The van der Waals surface area contributed by atoms with Crippen molar-refractivity contribution in [3.63, 3.8) is 0 Å². The van der Waals surface area contributed by atoms with Crippen LogP contribution in [-0.2, 0) is 20.9 Å². The lowest BCUT2D eigenvalue weighted by Crippen LogP contribution is -2.26. The van der Waals surface area contributed by atoms with Crippen LogP contribution < -0.4 is 0 Å². The van der Waals surface area contributed by atoms with Crippen molar-refractivity contribution in [1.82, 2.24) is 9.88 Å². The molecule has 1 aromatic carbocycles. The van der Waals surface area contributed by atoms with E-state index in [2.05, 4.69) is 4.98 Å². The Morgan fingerprint density at radius 3 is 2.62 bits per heavy atom. The molecule has 2 rings (SSSR count). The second-order valence-electron chi connectivity index (χ2n) is 4.99. The summed E-state index contributed by atoms with van der Waals surface area (Å²) < 4.78 is 45.1. The van der Waals surface area contributed by atoms with Crippen LogP contribution in [0.1, 0.15) is 24.8 Å². The highest BCUT2D eigenvalue weighted by Gasteiger charge is 2.19. The van der Waals surface area contributed by atoms with Crippen LogP contribution in [0, 0.1) is 17.5 Å². The Balaban J connectivity index is 2.06. The lowest BCUT2D eigenvalue weighted by atomic mass is 10.3. The number of carbonyl (C=O) groups excluding carboxylic acids is 2. The fraction of sp³-hybridized carbons (Fsp3) is 0.400. The van der Waals surface area contributed by atoms with Crippen LogP contribution in [0.25, 0.3) is 10.2 Å². The van der Waals surface area contributed by atoms with Crippen molar-refractivity contribution in [3.05, 3.63) is 28.5 Å². The monoisotopic (exact) mass is 360 g/mol. The van der Waals surface area contributed by atoms with Gasteiger partial charge in [0.25, 0.3) is 0 Å². The number of carbonyl (C=O) groups is 2. The van der Waals surface area contributed by atoms with Gasteiger partial charge in [-0.2, -0.15) is 0 Å². The van der Waals surface area contributed by atoms with Gasteiger partial charge >= 0.3 is 5.97 Å². The molecule has 0 N–H and O–H groups in total. The van der Waals surface area contributed by atoms with Gasteiger partial charge in [-0.05, 0) is 6.92 Å². The van der Waals surface area contributed by atoms with Crippen molar-refractivity contribution in [2.45, 2.75) is 26.3 Å². The molecule has 130 valence electrons. The minimum Gasteiger partial charge on any atom is -0.466 e. The van der Waals surface area contributed by atoms with Gasteiger partial charge in [-0.25, -0.2) is 18.2 Å². The molecule has 0 saturated heterocycles. The zero-order chi connectivity index (χ0) is 17.9. The highest BCUT2D eigenvalue weighted by molar-refractivity contribution is 7.18. The minimum absolute atomic E-state index is 0.00149. The minimum atomic E-state index is -1.31. The number of amides is 1. The van der Waals surface area contributed by atoms with Gasteiger partial charge in [0.15, 0.2) is 11.6 Å². The van der Waals surface area contributed by atoms with Crippen LogP contribution in [0.4, 0.5) is 13.2 Å².